The molecule has 0 radical (unpaired) electrons. The summed E-state index contributed by atoms with van der Waals surface area (Å²) in [5, 5.41) is 12.6. The lowest BCUT2D eigenvalue weighted by Crippen LogP contribution is -2.15. The van der Waals surface area contributed by atoms with E-state index in [0.717, 1.165) is 5.56 Å². The fourth-order valence-electron chi connectivity index (χ4n) is 2.40. The van der Waals surface area contributed by atoms with Crippen molar-refractivity contribution >= 4 is 29.3 Å². The van der Waals surface area contributed by atoms with Gasteiger partial charge in [-0.25, -0.2) is 0 Å². The van der Waals surface area contributed by atoms with E-state index in [0.29, 0.717) is 41.0 Å². The summed E-state index contributed by atoms with van der Waals surface area (Å²) in [6, 6.07) is 12.4. The average Bonchev–Trinajstić information content (AvgIpc) is 2.63. The van der Waals surface area contributed by atoms with Gasteiger partial charge in [0.25, 0.3) is 5.91 Å². The van der Waals surface area contributed by atoms with Crippen molar-refractivity contribution in [3.8, 4) is 17.6 Å². The van der Waals surface area contributed by atoms with Gasteiger partial charge in [-0.05, 0) is 48.4 Å². The van der Waals surface area contributed by atoms with Crippen LogP contribution in [0.2, 0.25) is 5.02 Å². The Kier molecular flexibility index (Phi) is 4.92. The highest BCUT2D eigenvalue weighted by atomic mass is 35.5. The van der Waals surface area contributed by atoms with Crippen LogP contribution in [0, 0.1) is 18.3 Å². The van der Waals surface area contributed by atoms with Crippen LogP contribution < -0.4 is 14.8 Å². The second kappa shape index (κ2) is 7.29. The predicted molar refractivity (Wildman–Crippen MR) is 95.8 cm³/mol. The highest BCUT2D eigenvalue weighted by Crippen LogP contribution is 2.31. The number of nitrogens with zero attached hydrogens (tertiary/aromatic N) is 1. The van der Waals surface area contributed by atoms with Crippen LogP contribution in [-0.2, 0) is 4.79 Å². The molecule has 0 unspecified atom stereocenters. The van der Waals surface area contributed by atoms with Crippen LogP contribution in [0.3, 0.4) is 0 Å². The zero-order chi connectivity index (χ0) is 17.8. The number of ether oxygens (including phenoxy) is 2. The predicted octanol–water partition coefficient (Wildman–Crippen LogP) is 3.97. The van der Waals surface area contributed by atoms with Gasteiger partial charge in [-0.3, -0.25) is 4.79 Å². The van der Waals surface area contributed by atoms with Crippen LogP contribution in [0.15, 0.2) is 42.0 Å². The number of halogens is 1. The van der Waals surface area contributed by atoms with E-state index in [1.54, 1.807) is 43.3 Å². The first kappa shape index (κ1) is 16.9. The minimum Gasteiger partial charge on any atom is -0.486 e. The molecule has 0 aromatic heterocycles. The van der Waals surface area contributed by atoms with Crippen molar-refractivity contribution in [3.05, 3.63) is 58.1 Å². The molecular formula is C19H15ClN2O3. The second-order valence-electron chi connectivity index (χ2n) is 5.44. The molecular weight excluding hydrogens is 340 g/mol. The van der Waals surface area contributed by atoms with E-state index < -0.39 is 5.91 Å². The maximum atomic E-state index is 12.4. The number of benzene rings is 2. The van der Waals surface area contributed by atoms with Crippen LogP contribution in [0.4, 0.5) is 5.69 Å². The number of anilines is 1. The standard InChI is InChI=1S/C19H15ClN2O3/c1-12-15(20)3-2-4-16(12)22-19(23)14(11-21)9-13-5-6-17-18(10-13)25-8-7-24-17/h2-6,9-10H,7-8H2,1H3,(H,22,23)/b14-9+. The molecule has 2 aromatic carbocycles. The van der Waals surface area contributed by atoms with E-state index in [4.69, 9.17) is 21.1 Å². The number of carbonyl (C=O) groups excluding carboxylic acids is 1. The number of hydrogen-bond acceptors (Lipinski definition) is 4. The van der Waals surface area contributed by atoms with E-state index >= 15 is 0 Å². The molecule has 0 atom stereocenters. The van der Waals surface area contributed by atoms with Crippen LogP contribution in [0.5, 0.6) is 11.5 Å². The van der Waals surface area contributed by atoms with Crippen molar-refractivity contribution in [1.82, 2.24) is 0 Å². The number of rotatable bonds is 3. The number of nitriles is 1. The number of hydrogen-bond donors (Lipinski definition) is 1. The molecule has 1 amide bonds. The van der Waals surface area contributed by atoms with Crippen molar-refractivity contribution in [2.75, 3.05) is 18.5 Å². The molecule has 1 heterocycles. The molecule has 126 valence electrons. The molecule has 1 aliphatic rings. The van der Waals surface area contributed by atoms with Gasteiger partial charge in [0.05, 0.1) is 0 Å². The third kappa shape index (κ3) is 3.76. The maximum Gasteiger partial charge on any atom is 0.266 e. The summed E-state index contributed by atoms with van der Waals surface area (Å²) in [6.07, 6.45) is 1.51. The van der Waals surface area contributed by atoms with Gasteiger partial charge >= 0.3 is 0 Å². The molecule has 2 aromatic rings. The van der Waals surface area contributed by atoms with E-state index in [1.807, 2.05) is 6.07 Å². The molecule has 5 nitrogen and oxygen atoms in total. The minimum atomic E-state index is -0.497. The Bertz CT molecular complexity index is 900. The lowest BCUT2D eigenvalue weighted by atomic mass is 10.1. The molecule has 0 bridgehead atoms. The number of carbonyl (C=O) groups is 1. The summed E-state index contributed by atoms with van der Waals surface area (Å²) >= 11 is 6.05. The van der Waals surface area contributed by atoms with Crippen LogP contribution in [0.25, 0.3) is 6.08 Å². The van der Waals surface area contributed by atoms with Crippen molar-refractivity contribution in [3.63, 3.8) is 0 Å². The molecule has 6 heteroatoms. The molecule has 0 fully saturated rings. The third-order valence-electron chi connectivity index (χ3n) is 3.76. The minimum absolute atomic E-state index is 0.0175. The highest BCUT2D eigenvalue weighted by Gasteiger charge is 2.14. The first-order chi connectivity index (χ1) is 12.1. The summed E-state index contributed by atoms with van der Waals surface area (Å²) in [5.41, 5.74) is 1.98. The SMILES string of the molecule is Cc1c(Cl)cccc1NC(=O)/C(C#N)=C/c1ccc2c(c1)OCCO2. The highest BCUT2D eigenvalue weighted by molar-refractivity contribution is 6.31. The monoisotopic (exact) mass is 354 g/mol. The van der Waals surface area contributed by atoms with Crippen molar-refractivity contribution in [1.29, 1.82) is 5.26 Å². The molecule has 0 saturated heterocycles. The number of amides is 1. The normalized spacial score (nSPS) is 13.1. The summed E-state index contributed by atoms with van der Waals surface area (Å²) in [5.74, 6) is 0.757. The van der Waals surface area contributed by atoms with Crippen molar-refractivity contribution < 1.29 is 14.3 Å². The Morgan fingerprint density at radius 2 is 2.00 bits per heavy atom. The third-order valence-corrected chi connectivity index (χ3v) is 4.17. The lowest BCUT2D eigenvalue weighted by Gasteiger charge is -2.18. The fraction of sp³-hybridized carbons (Fsp3) is 0.158. The summed E-state index contributed by atoms with van der Waals surface area (Å²) in [7, 11) is 0. The molecule has 0 spiro atoms. The van der Waals surface area contributed by atoms with Gasteiger partial charge in [-0.1, -0.05) is 23.7 Å². The Morgan fingerprint density at radius 1 is 1.24 bits per heavy atom. The summed E-state index contributed by atoms with van der Waals surface area (Å²) in [4.78, 5) is 12.4. The molecule has 1 N–H and O–H groups in total. The van der Waals surface area contributed by atoms with Gasteiger partial charge in [-0.15, -0.1) is 0 Å². The van der Waals surface area contributed by atoms with E-state index in [9.17, 15) is 10.1 Å². The van der Waals surface area contributed by atoms with Gasteiger partial charge in [-0.2, -0.15) is 5.26 Å². The van der Waals surface area contributed by atoms with E-state index in [-0.39, 0.29) is 5.57 Å². The number of nitrogens with one attached hydrogen (secondary N) is 1. The van der Waals surface area contributed by atoms with Gasteiger partial charge in [0.1, 0.15) is 24.9 Å². The molecule has 25 heavy (non-hydrogen) atoms. The summed E-state index contributed by atoms with van der Waals surface area (Å²) in [6.45, 7) is 2.78. The lowest BCUT2D eigenvalue weighted by molar-refractivity contribution is -0.112. The van der Waals surface area contributed by atoms with E-state index in [1.165, 1.54) is 6.08 Å². The van der Waals surface area contributed by atoms with Crippen LogP contribution >= 0.6 is 11.6 Å². The fourth-order valence-corrected chi connectivity index (χ4v) is 2.57. The molecule has 1 aliphatic heterocycles. The topological polar surface area (TPSA) is 71.4 Å². The average molecular weight is 355 g/mol. The van der Waals surface area contributed by atoms with Crippen molar-refractivity contribution in [2.24, 2.45) is 0 Å². The Morgan fingerprint density at radius 3 is 2.76 bits per heavy atom. The molecule has 0 aliphatic carbocycles. The van der Waals surface area contributed by atoms with Crippen molar-refractivity contribution in [2.45, 2.75) is 6.92 Å². The first-order valence-corrected chi connectivity index (χ1v) is 8.04. The van der Waals surface area contributed by atoms with E-state index in [2.05, 4.69) is 5.32 Å². The molecule has 3 rings (SSSR count). The van der Waals surface area contributed by atoms with Gasteiger partial charge < -0.3 is 14.8 Å². The Labute approximate surface area is 150 Å². The number of fused-ring (bicyclic) bond motifs is 1. The quantitative estimate of drug-likeness (QED) is 0.668. The van der Waals surface area contributed by atoms with Gasteiger partial charge in [0.2, 0.25) is 0 Å². The molecule has 0 saturated carbocycles. The summed E-state index contributed by atoms with van der Waals surface area (Å²) < 4.78 is 11.0. The largest absolute Gasteiger partial charge is 0.486 e. The zero-order valence-corrected chi connectivity index (χ0v) is 14.3. The van der Waals surface area contributed by atoms with Crippen LogP contribution in [0.1, 0.15) is 11.1 Å². The Balaban J connectivity index is 1.84. The van der Waals surface area contributed by atoms with Gasteiger partial charge in [0.15, 0.2) is 11.5 Å². The first-order valence-electron chi connectivity index (χ1n) is 7.66. The second-order valence-corrected chi connectivity index (χ2v) is 5.85. The van der Waals surface area contributed by atoms with Gasteiger partial charge in [0, 0.05) is 10.7 Å². The zero-order valence-electron chi connectivity index (χ0n) is 13.5. The maximum absolute atomic E-state index is 12.4. The Hall–Kier alpha value is -2.97. The van der Waals surface area contributed by atoms with Crippen LogP contribution in [-0.4, -0.2) is 19.1 Å². The smallest absolute Gasteiger partial charge is 0.266 e.